The van der Waals surface area contributed by atoms with Gasteiger partial charge < -0.3 is 9.80 Å². The highest BCUT2D eigenvalue weighted by Gasteiger charge is 2.54. The van der Waals surface area contributed by atoms with Crippen LogP contribution in [0.4, 0.5) is 4.79 Å². The average Bonchev–Trinajstić information content (AvgIpc) is 2.93. The second-order valence-electron chi connectivity index (χ2n) is 6.76. The molecule has 2 saturated heterocycles. The van der Waals surface area contributed by atoms with E-state index >= 15 is 0 Å². The summed E-state index contributed by atoms with van der Waals surface area (Å²) in [6, 6.07) is 12.5. The molecule has 1 N–H and O–H groups in total. The van der Waals surface area contributed by atoms with Crippen molar-refractivity contribution in [3.8, 4) is 0 Å². The van der Waals surface area contributed by atoms with E-state index in [1.54, 1.807) is 21.9 Å². The molecule has 4 amide bonds. The minimum atomic E-state index is -0.911. The highest BCUT2D eigenvalue weighted by molar-refractivity contribution is 6.07. The Hall–Kier alpha value is -3.29. The van der Waals surface area contributed by atoms with Gasteiger partial charge in [0.15, 0.2) is 5.69 Å². The van der Waals surface area contributed by atoms with Crippen molar-refractivity contribution >= 4 is 17.8 Å². The molecule has 0 bridgehead atoms. The number of piperidine rings is 1. The van der Waals surface area contributed by atoms with Crippen molar-refractivity contribution in [1.29, 1.82) is 0 Å². The number of aromatic nitrogens is 2. The molecule has 2 aliphatic rings. The smallest absolute Gasteiger partial charge is 0.325 e. The largest absolute Gasteiger partial charge is 0.337 e. The van der Waals surface area contributed by atoms with Crippen LogP contribution in [0, 0.1) is 0 Å². The lowest BCUT2D eigenvalue weighted by Gasteiger charge is -2.42. The van der Waals surface area contributed by atoms with E-state index in [0.29, 0.717) is 32.5 Å². The van der Waals surface area contributed by atoms with Gasteiger partial charge >= 0.3 is 6.03 Å². The normalized spacial score (nSPS) is 18.7. The molecule has 8 heteroatoms. The summed E-state index contributed by atoms with van der Waals surface area (Å²) >= 11 is 0. The lowest BCUT2D eigenvalue weighted by Crippen LogP contribution is -2.57. The zero-order valence-electron chi connectivity index (χ0n) is 14.7. The molecule has 0 saturated carbocycles. The van der Waals surface area contributed by atoms with Crippen molar-refractivity contribution in [3.63, 3.8) is 0 Å². The summed E-state index contributed by atoms with van der Waals surface area (Å²) in [5.41, 5.74) is 0.327. The van der Waals surface area contributed by atoms with E-state index in [4.69, 9.17) is 0 Å². The topological polar surface area (TPSA) is 95.5 Å². The molecule has 138 valence electrons. The molecule has 2 aromatic rings. The molecule has 1 aromatic carbocycles. The molecule has 8 nitrogen and oxygen atoms in total. The van der Waals surface area contributed by atoms with Crippen molar-refractivity contribution in [2.75, 3.05) is 13.1 Å². The summed E-state index contributed by atoms with van der Waals surface area (Å²) in [6.45, 7) is 1.11. The third kappa shape index (κ3) is 3.03. The highest BCUT2D eigenvalue weighted by atomic mass is 16.2. The minimum absolute atomic E-state index is 0.211. The van der Waals surface area contributed by atoms with Crippen LogP contribution in [-0.2, 0) is 11.3 Å². The zero-order valence-corrected chi connectivity index (χ0v) is 14.7. The van der Waals surface area contributed by atoms with Gasteiger partial charge in [0.25, 0.3) is 11.8 Å². The number of hydrogen-bond acceptors (Lipinski definition) is 5. The van der Waals surface area contributed by atoms with Crippen LogP contribution >= 0.6 is 0 Å². The van der Waals surface area contributed by atoms with Crippen LogP contribution in [0.5, 0.6) is 0 Å². The summed E-state index contributed by atoms with van der Waals surface area (Å²) < 4.78 is 0. The van der Waals surface area contributed by atoms with E-state index < -0.39 is 5.54 Å². The second-order valence-corrected chi connectivity index (χ2v) is 6.76. The Morgan fingerprint density at radius 3 is 2.48 bits per heavy atom. The number of likely N-dealkylation sites (tertiary alicyclic amines) is 1. The molecule has 0 aliphatic carbocycles. The van der Waals surface area contributed by atoms with Gasteiger partial charge in [-0.15, -0.1) is 5.10 Å². The summed E-state index contributed by atoms with van der Waals surface area (Å²) in [5.74, 6) is -0.493. The van der Waals surface area contributed by atoms with Gasteiger partial charge in [0, 0.05) is 25.8 Å². The molecule has 1 aromatic heterocycles. The number of hydrogen-bond donors (Lipinski definition) is 1. The third-order valence-corrected chi connectivity index (χ3v) is 5.26. The lowest BCUT2D eigenvalue weighted by molar-refractivity contribution is -0.129. The quantitative estimate of drug-likeness (QED) is 0.825. The number of urea groups is 1. The Morgan fingerprint density at radius 2 is 1.81 bits per heavy atom. The van der Waals surface area contributed by atoms with Crippen molar-refractivity contribution in [2.24, 2.45) is 0 Å². The summed E-state index contributed by atoms with van der Waals surface area (Å²) in [6.07, 6.45) is 2.30. The number of rotatable bonds is 3. The molecule has 2 fully saturated rings. The first kappa shape index (κ1) is 17.1. The Labute approximate surface area is 156 Å². The van der Waals surface area contributed by atoms with Crippen LogP contribution in [0.3, 0.4) is 0 Å². The average molecular weight is 365 g/mol. The SMILES string of the molecule is O=C(c1cccnn1)N1CCC2(CC1)C(=O)NC(=O)N2Cc1ccccc1. The number of amides is 4. The van der Waals surface area contributed by atoms with Gasteiger partial charge in [-0.1, -0.05) is 30.3 Å². The van der Waals surface area contributed by atoms with Gasteiger partial charge in [0.2, 0.25) is 0 Å². The maximum atomic E-state index is 12.6. The van der Waals surface area contributed by atoms with E-state index in [1.807, 2.05) is 30.3 Å². The van der Waals surface area contributed by atoms with E-state index in [-0.39, 0.29) is 23.5 Å². The van der Waals surface area contributed by atoms with E-state index in [1.165, 1.54) is 6.20 Å². The van der Waals surface area contributed by atoms with E-state index in [0.717, 1.165) is 5.56 Å². The molecular weight excluding hydrogens is 346 g/mol. The van der Waals surface area contributed by atoms with Crippen molar-refractivity contribution in [3.05, 3.63) is 59.9 Å². The maximum Gasteiger partial charge on any atom is 0.325 e. The first-order chi connectivity index (χ1) is 13.1. The van der Waals surface area contributed by atoms with Gasteiger partial charge in [-0.25, -0.2) is 4.79 Å². The standard InChI is InChI=1S/C19H19N5O3/c25-16(15-7-4-10-20-22-15)23-11-8-19(9-12-23)17(26)21-18(27)24(19)13-14-5-2-1-3-6-14/h1-7,10H,8-9,11-13H2,(H,21,26,27). The Morgan fingerprint density at radius 1 is 1.07 bits per heavy atom. The molecule has 4 rings (SSSR count). The number of nitrogens with zero attached hydrogens (tertiary/aromatic N) is 4. The fraction of sp³-hybridized carbons (Fsp3) is 0.316. The predicted molar refractivity (Wildman–Crippen MR) is 95.4 cm³/mol. The van der Waals surface area contributed by atoms with Crippen LogP contribution in [0.15, 0.2) is 48.7 Å². The lowest BCUT2D eigenvalue weighted by atomic mass is 9.85. The predicted octanol–water partition coefficient (Wildman–Crippen LogP) is 1.20. The van der Waals surface area contributed by atoms with Gasteiger partial charge in [-0.2, -0.15) is 5.10 Å². The minimum Gasteiger partial charge on any atom is -0.337 e. The van der Waals surface area contributed by atoms with Gasteiger partial charge in [-0.3, -0.25) is 14.9 Å². The van der Waals surface area contributed by atoms with Crippen LogP contribution in [-0.4, -0.2) is 56.5 Å². The molecule has 0 atom stereocenters. The molecule has 0 radical (unpaired) electrons. The first-order valence-corrected chi connectivity index (χ1v) is 8.84. The molecular formula is C19H19N5O3. The molecule has 0 unspecified atom stereocenters. The van der Waals surface area contributed by atoms with Gasteiger partial charge in [0.05, 0.1) is 0 Å². The molecule has 1 spiro atoms. The fourth-order valence-electron chi connectivity index (χ4n) is 3.74. The molecule has 2 aliphatic heterocycles. The first-order valence-electron chi connectivity index (χ1n) is 8.84. The van der Waals surface area contributed by atoms with Crippen LogP contribution in [0.25, 0.3) is 0 Å². The van der Waals surface area contributed by atoms with Crippen molar-refractivity contribution < 1.29 is 14.4 Å². The van der Waals surface area contributed by atoms with E-state index in [2.05, 4.69) is 15.5 Å². The summed E-state index contributed by atoms with van der Waals surface area (Å²) in [4.78, 5) is 40.8. The Balaban J connectivity index is 1.51. The van der Waals surface area contributed by atoms with Gasteiger partial charge in [0.1, 0.15) is 5.54 Å². The van der Waals surface area contributed by atoms with Crippen LogP contribution in [0.1, 0.15) is 28.9 Å². The number of carbonyl (C=O) groups excluding carboxylic acids is 3. The number of carbonyl (C=O) groups is 3. The number of imide groups is 1. The van der Waals surface area contributed by atoms with E-state index in [9.17, 15) is 14.4 Å². The fourth-order valence-corrected chi connectivity index (χ4v) is 3.74. The maximum absolute atomic E-state index is 12.6. The molecule has 27 heavy (non-hydrogen) atoms. The van der Waals surface area contributed by atoms with Crippen molar-refractivity contribution in [2.45, 2.75) is 24.9 Å². The zero-order chi connectivity index (χ0) is 18.9. The van der Waals surface area contributed by atoms with Crippen molar-refractivity contribution in [1.82, 2.24) is 25.3 Å². The monoisotopic (exact) mass is 365 g/mol. The van der Waals surface area contributed by atoms with Gasteiger partial charge in [-0.05, 0) is 30.5 Å². The Bertz CT molecular complexity index is 863. The summed E-state index contributed by atoms with van der Waals surface area (Å²) in [7, 11) is 0. The third-order valence-electron chi connectivity index (χ3n) is 5.26. The Kier molecular flexibility index (Phi) is 4.31. The highest BCUT2D eigenvalue weighted by Crippen LogP contribution is 2.34. The number of benzene rings is 1. The van der Waals surface area contributed by atoms with Crippen LogP contribution < -0.4 is 5.32 Å². The number of nitrogens with one attached hydrogen (secondary N) is 1. The summed E-state index contributed by atoms with van der Waals surface area (Å²) in [5, 5.41) is 10.0. The molecule has 3 heterocycles. The second kappa shape index (κ2) is 6.79. The van der Waals surface area contributed by atoms with Crippen LogP contribution in [0.2, 0.25) is 0 Å².